The van der Waals surface area contributed by atoms with Crippen molar-refractivity contribution >= 4 is 43.6 Å². The smallest absolute Gasteiger partial charge is 0.240 e. The van der Waals surface area contributed by atoms with Crippen LogP contribution in [0.5, 0.6) is 0 Å². The summed E-state index contributed by atoms with van der Waals surface area (Å²) in [6.45, 7) is 0. The van der Waals surface area contributed by atoms with E-state index in [-0.39, 0.29) is 49.4 Å². The Bertz CT molecular complexity index is 3840. The Labute approximate surface area is 345 Å². The van der Waals surface area contributed by atoms with E-state index in [2.05, 4.69) is 30.3 Å². The Morgan fingerprint density at radius 1 is 0.339 bits per heavy atom. The minimum absolute atomic E-state index is 0.138. The van der Waals surface area contributed by atoms with Crippen LogP contribution < -0.4 is 0 Å². The third kappa shape index (κ3) is 5.21. The van der Waals surface area contributed by atoms with E-state index in [0.29, 0.717) is 5.56 Å². The molecule has 0 spiro atoms. The van der Waals surface area contributed by atoms with Gasteiger partial charge in [0.1, 0.15) is 0 Å². The van der Waals surface area contributed by atoms with Crippen molar-refractivity contribution in [1.82, 2.24) is 24.1 Å². The number of rotatable bonds is 6. The summed E-state index contributed by atoms with van der Waals surface area (Å²) in [6.07, 6.45) is 0. The molecule has 11 rings (SSSR count). The van der Waals surface area contributed by atoms with Crippen molar-refractivity contribution in [1.29, 1.82) is 0 Å². The molecule has 0 aliphatic heterocycles. The van der Waals surface area contributed by atoms with Gasteiger partial charge >= 0.3 is 0 Å². The van der Waals surface area contributed by atoms with Gasteiger partial charge in [-0.2, -0.15) is 15.0 Å². The summed E-state index contributed by atoms with van der Waals surface area (Å²) in [6, 6.07) is 22.7. The highest BCUT2D eigenvalue weighted by Gasteiger charge is 2.20. The Morgan fingerprint density at radius 2 is 0.750 bits per heavy atom. The summed E-state index contributed by atoms with van der Waals surface area (Å²) >= 11 is 0. The first-order valence-electron chi connectivity index (χ1n) is 25.6. The molecule has 262 valence electrons. The topological polar surface area (TPSA) is 48.5 Å². The van der Waals surface area contributed by atoms with Crippen LogP contribution in [0.1, 0.15) is 21.9 Å². The maximum atomic E-state index is 9.17. The average Bonchev–Trinajstić information content (AvgIpc) is 3.97. The highest BCUT2D eigenvalue weighted by molar-refractivity contribution is 6.10. The lowest BCUT2D eigenvalue weighted by Gasteiger charge is -2.13. The first-order chi connectivity index (χ1) is 34.4. The summed E-state index contributed by atoms with van der Waals surface area (Å²) in [5.41, 5.74) is 4.79. The number of fused-ring (bicyclic) bond motifs is 6. The molecule has 11 aromatic rings. The van der Waals surface area contributed by atoms with Gasteiger partial charge in [0.05, 0.1) is 44.0 Å². The van der Waals surface area contributed by atoms with Gasteiger partial charge < -0.3 is 0 Å². The van der Waals surface area contributed by atoms with E-state index in [0.717, 1.165) is 42.5 Å². The van der Waals surface area contributed by atoms with E-state index >= 15 is 0 Å². The van der Waals surface area contributed by atoms with E-state index in [1.165, 1.54) is 0 Å². The van der Waals surface area contributed by atoms with E-state index in [1.54, 1.807) is 12.1 Å². The average molecular weight is 732 g/mol. The quantitative estimate of drug-likeness (QED) is 0.171. The normalized spacial score (nSPS) is 15.6. The number of hydrogen-bond donors (Lipinski definition) is 0. The SMILES string of the molecule is [2H]c1c([2H])c([2H])c2c(c1[2H])c1c([2H])c([2H])c([2H])c([2H])c1n2-c1nc(-c2ccc(-c3cccc(-c4ccccc4-c4ccccc4)c3)cc2)nc(-n2c3c([2H])c([2H])c([2H])c([2H])c3c3c([2H])c([2H])c([2H])c([2H])c32)n1. The van der Waals surface area contributed by atoms with Crippen molar-refractivity contribution in [3.63, 3.8) is 0 Å². The molecular weight excluding hydrogens is 683 g/mol. The van der Waals surface area contributed by atoms with E-state index in [4.69, 9.17) is 31.4 Å². The van der Waals surface area contributed by atoms with Gasteiger partial charge in [-0.05, 0) is 63.6 Å². The van der Waals surface area contributed by atoms with Gasteiger partial charge in [-0.1, -0.05) is 170 Å². The summed E-state index contributed by atoms with van der Waals surface area (Å²) < 4.78 is 144. The van der Waals surface area contributed by atoms with E-state index in [9.17, 15) is 5.48 Å². The fraction of sp³-hybridized carbons (Fsp3) is 0. The molecule has 3 heterocycles. The summed E-state index contributed by atoms with van der Waals surface area (Å²) in [7, 11) is 0. The van der Waals surface area contributed by atoms with Gasteiger partial charge in [0.15, 0.2) is 5.82 Å². The standard InChI is InChI=1S/C51H33N5/c1-2-15-35(16-3-1)39-19-4-5-20-40(39)38-18-14-17-37(33-38)34-29-31-36(32-30-34)49-52-50(55-45-25-10-6-21-41(45)42-22-7-11-26-46(42)55)54-51(53-49)56-47-27-12-8-23-43(47)44-24-9-13-28-48(44)56/h1-33H/i6D,7D,8D,9D,10D,11D,12D,13D,21D,22D,23D,24D,25D,26D,27D,28D. The van der Waals surface area contributed by atoms with Crippen molar-refractivity contribution in [3.8, 4) is 56.7 Å². The molecule has 5 heteroatoms. The largest absolute Gasteiger partial charge is 0.278 e. The zero-order valence-electron chi connectivity index (χ0n) is 45.1. The number of aromatic nitrogens is 5. The maximum Gasteiger partial charge on any atom is 0.240 e. The van der Waals surface area contributed by atoms with Gasteiger partial charge in [0, 0.05) is 27.1 Å². The molecule has 56 heavy (non-hydrogen) atoms. The van der Waals surface area contributed by atoms with Gasteiger partial charge in [0.25, 0.3) is 0 Å². The number of para-hydroxylation sites is 4. The summed E-state index contributed by atoms with van der Waals surface area (Å²) in [4.78, 5) is 14.4. The van der Waals surface area contributed by atoms with E-state index < -0.39 is 109 Å². The molecule has 0 amide bonds. The molecule has 3 aromatic heterocycles. The molecule has 0 bridgehead atoms. The second-order valence-corrected chi connectivity index (χ2v) is 12.9. The highest BCUT2D eigenvalue weighted by atomic mass is 15.3. The first-order valence-corrected chi connectivity index (χ1v) is 17.6. The van der Waals surface area contributed by atoms with Crippen LogP contribution in [0.15, 0.2) is 200 Å². The van der Waals surface area contributed by atoms with Crippen LogP contribution in [0.2, 0.25) is 0 Å². The Morgan fingerprint density at radius 3 is 1.27 bits per heavy atom. The number of nitrogens with zero attached hydrogens (tertiary/aromatic N) is 5. The molecule has 0 N–H and O–H groups in total. The lowest BCUT2D eigenvalue weighted by Crippen LogP contribution is -2.10. The molecule has 0 aliphatic rings. The van der Waals surface area contributed by atoms with Crippen molar-refractivity contribution in [3.05, 3.63) is 200 Å². The molecule has 0 fully saturated rings. The molecule has 0 saturated heterocycles. The Kier molecular flexibility index (Phi) is 4.57. The van der Waals surface area contributed by atoms with Crippen LogP contribution in [-0.2, 0) is 0 Å². The highest BCUT2D eigenvalue weighted by Crippen LogP contribution is 2.36. The third-order valence-electron chi connectivity index (χ3n) is 9.74. The van der Waals surface area contributed by atoms with Gasteiger partial charge in [-0.3, -0.25) is 9.13 Å². The van der Waals surface area contributed by atoms with Crippen LogP contribution in [0, 0.1) is 0 Å². The van der Waals surface area contributed by atoms with Crippen LogP contribution >= 0.6 is 0 Å². The van der Waals surface area contributed by atoms with Crippen LogP contribution in [0.3, 0.4) is 0 Å². The number of benzene rings is 8. The van der Waals surface area contributed by atoms with Gasteiger partial charge in [0.2, 0.25) is 11.9 Å². The van der Waals surface area contributed by atoms with Crippen molar-refractivity contribution in [2.75, 3.05) is 0 Å². The van der Waals surface area contributed by atoms with E-state index in [1.807, 2.05) is 60.7 Å². The second-order valence-electron chi connectivity index (χ2n) is 12.9. The lowest BCUT2D eigenvalue weighted by atomic mass is 9.92. The third-order valence-corrected chi connectivity index (χ3v) is 9.74. The van der Waals surface area contributed by atoms with Crippen LogP contribution in [-0.4, -0.2) is 24.1 Å². The summed E-state index contributed by atoms with van der Waals surface area (Å²) in [5.74, 6) is -1.06. The zero-order valence-corrected chi connectivity index (χ0v) is 29.1. The Hall–Kier alpha value is -7.63. The first kappa shape index (κ1) is 19.6. The summed E-state index contributed by atoms with van der Waals surface area (Å²) in [5, 5.41) is -1.04. The Balaban J connectivity index is 1.21. The van der Waals surface area contributed by atoms with Crippen molar-refractivity contribution in [2.45, 2.75) is 0 Å². The molecule has 0 aliphatic carbocycles. The molecule has 0 saturated carbocycles. The van der Waals surface area contributed by atoms with Gasteiger partial charge in [-0.25, -0.2) is 0 Å². The predicted molar refractivity (Wildman–Crippen MR) is 230 cm³/mol. The van der Waals surface area contributed by atoms with Crippen molar-refractivity contribution in [2.24, 2.45) is 0 Å². The fourth-order valence-corrected chi connectivity index (χ4v) is 7.21. The van der Waals surface area contributed by atoms with Crippen molar-refractivity contribution < 1.29 is 21.9 Å². The minimum Gasteiger partial charge on any atom is -0.278 e. The maximum absolute atomic E-state index is 9.17. The monoisotopic (exact) mass is 731 g/mol. The molecule has 5 nitrogen and oxygen atoms in total. The van der Waals surface area contributed by atoms with Gasteiger partial charge in [-0.15, -0.1) is 0 Å². The lowest BCUT2D eigenvalue weighted by molar-refractivity contribution is 0.893. The molecular formula is C51H33N5. The van der Waals surface area contributed by atoms with Crippen LogP contribution in [0.4, 0.5) is 0 Å². The number of hydrogen-bond acceptors (Lipinski definition) is 3. The fourth-order valence-electron chi connectivity index (χ4n) is 7.21. The zero-order chi connectivity index (χ0) is 50.9. The predicted octanol–water partition coefficient (Wildman–Crippen LogP) is 12.7. The molecule has 8 aromatic carbocycles. The molecule has 0 unspecified atom stereocenters. The minimum atomic E-state index is -0.695. The molecule has 0 atom stereocenters. The second kappa shape index (κ2) is 13.0. The molecule has 0 radical (unpaired) electrons. The van der Waals surface area contributed by atoms with Crippen LogP contribution in [0.25, 0.3) is 100 Å².